The average molecular weight is 561 g/mol. The fourth-order valence-electron chi connectivity index (χ4n) is 5.47. The van der Waals surface area contributed by atoms with Gasteiger partial charge in [0.15, 0.2) is 0 Å². The van der Waals surface area contributed by atoms with E-state index in [1.165, 1.54) is 0 Å². The molecule has 214 valence electrons. The second-order valence-corrected chi connectivity index (χ2v) is 11.8. The molecule has 4 aromatic rings. The van der Waals surface area contributed by atoms with Crippen molar-refractivity contribution in [3.05, 3.63) is 138 Å². The monoisotopic (exact) mass is 560 g/mol. The van der Waals surface area contributed by atoms with Crippen LogP contribution in [0.15, 0.2) is 115 Å². The van der Waals surface area contributed by atoms with Crippen molar-refractivity contribution >= 4 is 24.4 Å². The topological polar surface area (TPSA) is 90.6 Å². The summed E-state index contributed by atoms with van der Waals surface area (Å²) in [5, 5.41) is 3.03. The maximum Gasteiger partial charge on any atom is 0.494 e. The molecule has 5 rings (SSSR count). The lowest BCUT2D eigenvalue weighted by molar-refractivity contribution is -0.129. The second-order valence-electron chi connectivity index (χ2n) is 11.8. The average Bonchev–Trinajstić information content (AvgIpc) is 3.21. The van der Waals surface area contributed by atoms with Gasteiger partial charge in [-0.3, -0.25) is 9.59 Å². The standard InChI is InChI=1S/C35H37BN2O4/c1-33(2)34(3,4)42-36(41-33)29-22-20-25(21-23-29)24-30(31(37)39)38-32(40)35(26-14-8-5-9-15-26,27-16-10-6-11-17-27)28-18-12-7-13-19-28/h5-23,30H,24H2,1-4H3,(H2,37,39)(H,38,40)/t30-/m0/s1. The molecule has 1 fully saturated rings. The Bertz CT molecular complexity index is 1410. The van der Waals surface area contributed by atoms with E-state index in [1.807, 2.05) is 143 Å². The quantitative estimate of drug-likeness (QED) is 0.233. The molecule has 42 heavy (non-hydrogen) atoms. The van der Waals surface area contributed by atoms with Gasteiger partial charge in [-0.05, 0) is 55.4 Å². The number of benzene rings is 4. The van der Waals surface area contributed by atoms with Gasteiger partial charge in [0.2, 0.25) is 11.8 Å². The molecule has 0 aliphatic carbocycles. The SMILES string of the molecule is CC1(C)OB(c2ccc(C[C@H](NC(=O)C(c3ccccc3)(c3ccccc3)c3ccccc3)C(N)=O)cc2)OC1(C)C. The van der Waals surface area contributed by atoms with Crippen LogP contribution in [0.3, 0.4) is 0 Å². The van der Waals surface area contributed by atoms with E-state index < -0.39 is 35.7 Å². The Hall–Kier alpha value is -4.20. The minimum atomic E-state index is -1.21. The van der Waals surface area contributed by atoms with Crippen LogP contribution in [0.25, 0.3) is 0 Å². The summed E-state index contributed by atoms with van der Waals surface area (Å²) in [4.78, 5) is 27.3. The summed E-state index contributed by atoms with van der Waals surface area (Å²) in [5.41, 5.74) is 7.88. The first-order valence-corrected chi connectivity index (χ1v) is 14.3. The van der Waals surface area contributed by atoms with Gasteiger partial charge in [-0.25, -0.2) is 0 Å². The Balaban J connectivity index is 1.46. The Morgan fingerprint density at radius 3 is 1.50 bits per heavy atom. The van der Waals surface area contributed by atoms with Crippen molar-refractivity contribution in [2.45, 2.75) is 56.8 Å². The number of carbonyl (C=O) groups excluding carboxylic acids is 2. The lowest BCUT2D eigenvalue weighted by Crippen LogP contribution is -2.54. The molecule has 0 unspecified atom stereocenters. The Labute approximate surface area is 248 Å². The predicted molar refractivity (Wildman–Crippen MR) is 166 cm³/mol. The summed E-state index contributed by atoms with van der Waals surface area (Å²) in [6, 6.07) is 35.6. The van der Waals surface area contributed by atoms with Crippen molar-refractivity contribution < 1.29 is 18.9 Å². The van der Waals surface area contributed by atoms with Crippen LogP contribution in [-0.4, -0.2) is 36.2 Å². The summed E-state index contributed by atoms with van der Waals surface area (Å²) in [6.45, 7) is 8.06. The summed E-state index contributed by atoms with van der Waals surface area (Å²) in [7, 11) is -0.487. The highest BCUT2D eigenvalue weighted by atomic mass is 16.7. The van der Waals surface area contributed by atoms with Crippen LogP contribution in [0, 0.1) is 0 Å². The van der Waals surface area contributed by atoms with Gasteiger partial charge < -0.3 is 20.4 Å². The Morgan fingerprint density at radius 1 is 0.714 bits per heavy atom. The molecule has 1 heterocycles. The number of hydrogen-bond acceptors (Lipinski definition) is 4. The molecule has 0 spiro atoms. The lowest BCUT2D eigenvalue weighted by Gasteiger charge is -2.35. The van der Waals surface area contributed by atoms with Crippen molar-refractivity contribution in [2.24, 2.45) is 5.73 Å². The second kappa shape index (κ2) is 11.6. The molecule has 0 saturated carbocycles. The third kappa shape index (κ3) is 5.50. The van der Waals surface area contributed by atoms with Crippen LogP contribution in [0.1, 0.15) is 49.9 Å². The zero-order valence-corrected chi connectivity index (χ0v) is 24.5. The highest BCUT2D eigenvalue weighted by Gasteiger charge is 2.51. The van der Waals surface area contributed by atoms with E-state index in [-0.39, 0.29) is 12.3 Å². The molecular weight excluding hydrogens is 523 g/mol. The van der Waals surface area contributed by atoms with Crippen molar-refractivity contribution in [2.75, 3.05) is 0 Å². The fourth-order valence-corrected chi connectivity index (χ4v) is 5.47. The van der Waals surface area contributed by atoms with Crippen molar-refractivity contribution in [1.82, 2.24) is 5.32 Å². The van der Waals surface area contributed by atoms with Crippen LogP contribution in [0.2, 0.25) is 0 Å². The van der Waals surface area contributed by atoms with Gasteiger partial charge in [-0.1, -0.05) is 115 Å². The molecule has 3 N–H and O–H groups in total. The van der Waals surface area contributed by atoms with Crippen LogP contribution in [0.4, 0.5) is 0 Å². The first-order valence-electron chi connectivity index (χ1n) is 14.3. The van der Waals surface area contributed by atoms with Gasteiger partial charge in [0.1, 0.15) is 11.5 Å². The highest BCUT2D eigenvalue weighted by molar-refractivity contribution is 6.62. The minimum absolute atomic E-state index is 0.235. The molecule has 7 heteroatoms. The Morgan fingerprint density at radius 2 is 1.12 bits per heavy atom. The van der Waals surface area contributed by atoms with Crippen molar-refractivity contribution in [1.29, 1.82) is 0 Å². The first kappa shape index (κ1) is 29.3. The third-order valence-electron chi connectivity index (χ3n) is 8.55. The summed E-state index contributed by atoms with van der Waals surface area (Å²) in [5.74, 6) is -0.940. The number of nitrogens with two attached hydrogens (primary N) is 1. The molecule has 1 saturated heterocycles. The maximum atomic E-state index is 14.6. The van der Waals surface area contributed by atoms with Crippen molar-refractivity contribution in [3.8, 4) is 0 Å². The molecule has 1 aliphatic rings. The maximum absolute atomic E-state index is 14.6. The van der Waals surface area contributed by atoms with Crippen LogP contribution in [-0.2, 0) is 30.7 Å². The molecule has 0 radical (unpaired) electrons. The largest absolute Gasteiger partial charge is 0.494 e. The van der Waals surface area contributed by atoms with E-state index in [4.69, 9.17) is 15.0 Å². The van der Waals surface area contributed by atoms with E-state index in [0.717, 1.165) is 27.7 Å². The van der Waals surface area contributed by atoms with Gasteiger partial charge in [0.25, 0.3) is 0 Å². The predicted octanol–water partition coefficient (Wildman–Crippen LogP) is 4.53. The summed E-state index contributed by atoms with van der Waals surface area (Å²) < 4.78 is 12.3. The molecule has 6 nitrogen and oxygen atoms in total. The zero-order valence-electron chi connectivity index (χ0n) is 24.5. The minimum Gasteiger partial charge on any atom is -0.399 e. The molecule has 2 amide bonds. The van der Waals surface area contributed by atoms with E-state index in [0.29, 0.717) is 0 Å². The number of carbonyl (C=O) groups is 2. The fraction of sp³-hybridized carbons (Fsp3) is 0.257. The van der Waals surface area contributed by atoms with Crippen LogP contribution < -0.4 is 16.5 Å². The molecule has 0 aromatic heterocycles. The highest BCUT2D eigenvalue weighted by Crippen LogP contribution is 2.40. The third-order valence-corrected chi connectivity index (χ3v) is 8.55. The normalized spacial score (nSPS) is 16.5. The summed E-state index contributed by atoms with van der Waals surface area (Å²) >= 11 is 0. The number of rotatable bonds is 9. The van der Waals surface area contributed by atoms with Crippen molar-refractivity contribution in [3.63, 3.8) is 0 Å². The van der Waals surface area contributed by atoms with Gasteiger partial charge in [0.05, 0.1) is 11.2 Å². The smallest absolute Gasteiger partial charge is 0.399 e. The number of primary amides is 1. The van der Waals surface area contributed by atoms with Gasteiger partial charge in [0, 0.05) is 6.42 Å². The zero-order chi connectivity index (χ0) is 30.0. The van der Waals surface area contributed by atoms with E-state index in [2.05, 4.69) is 5.32 Å². The number of hydrogen-bond donors (Lipinski definition) is 2. The van der Waals surface area contributed by atoms with E-state index >= 15 is 0 Å². The lowest BCUT2D eigenvalue weighted by atomic mass is 9.68. The summed E-state index contributed by atoms with van der Waals surface area (Å²) in [6.07, 6.45) is 0.235. The Kier molecular flexibility index (Phi) is 8.09. The van der Waals surface area contributed by atoms with E-state index in [1.54, 1.807) is 0 Å². The molecule has 4 aromatic carbocycles. The first-order chi connectivity index (χ1) is 20.0. The number of amides is 2. The molecule has 0 bridgehead atoms. The molecular formula is C35H37BN2O4. The molecule has 1 aliphatic heterocycles. The molecule has 1 atom stereocenters. The van der Waals surface area contributed by atoms with Crippen LogP contribution >= 0.6 is 0 Å². The van der Waals surface area contributed by atoms with E-state index in [9.17, 15) is 9.59 Å². The van der Waals surface area contributed by atoms with Gasteiger partial charge in [-0.2, -0.15) is 0 Å². The van der Waals surface area contributed by atoms with Gasteiger partial charge in [-0.15, -0.1) is 0 Å². The van der Waals surface area contributed by atoms with Crippen LogP contribution in [0.5, 0.6) is 0 Å². The number of nitrogens with one attached hydrogen (secondary N) is 1. The van der Waals surface area contributed by atoms with Gasteiger partial charge >= 0.3 is 7.12 Å².